The Morgan fingerprint density at radius 1 is 1.24 bits per heavy atom. The van der Waals surface area contributed by atoms with Gasteiger partial charge >= 0.3 is 0 Å². The molecule has 2 aromatic rings. The molecule has 1 fully saturated rings. The van der Waals surface area contributed by atoms with E-state index in [1.54, 1.807) is 0 Å². The number of nitrogens with zero attached hydrogens (tertiary/aromatic N) is 1. The van der Waals surface area contributed by atoms with Crippen molar-refractivity contribution in [1.29, 1.82) is 0 Å². The third-order valence-electron chi connectivity index (χ3n) is 4.86. The molecule has 0 spiro atoms. The van der Waals surface area contributed by atoms with Gasteiger partial charge in [0, 0.05) is 42.7 Å². The van der Waals surface area contributed by atoms with Crippen molar-refractivity contribution in [1.82, 2.24) is 15.2 Å². The lowest BCUT2D eigenvalue weighted by atomic mass is 10.0. The van der Waals surface area contributed by atoms with Gasteiger partial charge in [-0.2, -0.15) is 0 Å². The molecule has 3 rings (SSSR count). The molecule has 6 heteroatoms. The van der Waals surface area contributed by atoms with Gasteiger partial charge in [0.25, 0.3) is 0 Å². The lowest BCUT2D eigenvalue weighted by Gasteiger charge is -2.31. The van der Waals surface area contributed by atoms with Crippen molar-refractivity contribution in [3.63, 3.8) is 0 Å². The summed E-state index contributed by atoms with van der Waals surface area (Å²) in [7, 11) is 0. The molecule has 0 aliphatic carbocycles. The van der Waals surface area contributed by atoms with E-state index in [4.69, 9.17) is 5.73 Å². The Morgan fingerprint density at radius 3 is 2.76 bits per heavy atom. The van der Waals surface area contributed by atoms with Crippen LogP contribution < -0.4 is 11.1 Å². The molecular formula is C19H26N4O2. The fourth-order valence-electron chi connectivity index (χ4n) is 3.53. The predicted octanol–water partition coefficient (Wildman–Crippen LogP) is 1.56. The SMILES string of the molecule is NC(=O)CN1CCC(NC(=O)CCCc2c[nH]c3ccccc23)CC1. The first-order valence-electron chi connectivity index (χ1n) is 8.97. The van der Waals surface area contributed by atoms with E-state index in [1.165, 1.54) is 10.9 Å². The van der Waals surface area contributed by atoms with Crippen LogP contribution in [-0.4, -0.2) is 47.4 Å². The second-order valence-electron chi connectivity index (χ2n) is 6.80. The van der Waals surface area contributed by atoms with Gasteiger partial charge in [-0.05, 0) is 37.3 Å². The van der Waals surface area contributed by atoms with E-state index in [9.17, 15) is 9.59 Å². The Bertz CT molecular complexity index is 732. The first kappa shape index (κ1) is 17.5. The highest BCUT2D eigenvalue weighted by molar-refractivity contribution is 5.83. The van der Waals surface area contributed by atoms with Gasteiger partial charge in [-0.25, -0.2) is 0 Å². The number of nitrogens with one attached hydrogen (secondary N) is 2. The molecule has 1 aliphatic heterocycles. The number of aromatic amines is 1. The fraction of sp³-hybridized carbons (Fsp3) is 0.474. The number of rotatable bonds is 7. The third-order valence-corrected chi connectivity index (χ3v) is 4.86. The van der Waals surface area contributed by atoms with Crippen LogP contribution in [0.5, 0.6) is 0 Å². The number of piperidine rings is 1. The molecule has 4 N–H and O–H groups in total. The zero-order chi connectivity index (χ0) is 17.6. The highest BCUT2D eigenvalue weighted by atomic mass is 16.2. The molecule has 0 bridgehead atoms. The molecule has 2 amide bonds. The van der Waals surface area contributed by atoms with Crippen LogP contribution in [0.25, 0.3) is 10.9 Å². The van der Waals surface area contributed by atoms with Crippen molar-refractivity contribution in [2.45, 2.75) is 38.1 Å². The van der Waals surface area contributed by atoms with Crippen LogP contribution in [0.2, 0.25) is 0 Å². The summed E-state index contributed by atoms with van der Waals surface area (Å²) in [4.78, 5) is 28.4. The van der Waals surface area contributed by atoms with Gasteiger partial charge in [0.2, 0.25) is 11.8 Å². The number of nitrogens with two attached hydrogens (primary N) is 1. The van der Waals surface area contributed by atoms with Crippen LogP contribution in [0.4, 0.5) is 0 Å². The fourth-order valence-corrected chi connectivity index (χ4v) is 3.53. The van der Waals surface area contributed by atoms with Crippen molar-refractivity contribution in [2.24, 2.45) is 5.73 Å². The second-order valence-corrected chi connectivity index (χ2v) is 6.80. The van der Waals surface area contributed by atoms with Crippen molar-refractivity contribution in [3.8, 4) is 0 Å². The highest BCUT2D eigenvalue weighted by Crippen LogP contribution is 2.19. The summed E-state index contributed by atoms with van der Waals surface area (Å²) in [5.41, 5.74) is 7.63. The van der Waals surface area contributed by atoms with Crippen molar-refractivity contribution in [2.75, 3.05) is 19.6 Å². The number of hydrogen-bond donors (Lipinski definition) is 3. The van der Waals surface area contributed by atoms with E-state index in [0.29, 0.717) is 13.0 Å². The Hall–Kier alpha value is -2.34. The highest BCUT2D eigenvalue weighted by Gasteiger charge is 2.21. The minimum atomic E-state index is -0.292. The van der Waals surface area contributed by atoms with E-state index in [1.807, 2.05) is 23.2 Å². The summed E-state index contributed by atoms with van der Waals surface area (Å²) in [6.45, 7) is 1.93. The van der Waals surface area contributed by atoms with Gasteiger partial charge in [0.15, 0.2) is 0 Å². The number of fused-ring (bicyclic) bond motifs is 1. The first-order valence-corrected chi connectivity index (χ1v) is 8.97. The molecule has 0 unspecified atom stereocenters. The number of carbonyl (C=O) groups excluding carboxylic acids is 2. The zero-order valence-corrected chi connectivity index (χ0v) is 14.5. The van der Waals surface area contributed by atoms with Crippen LogP contribution in [-0.2, 0) is 16.0 Å². The van der Waals surface area contributed by atoms with E-state index >= 15 is 0 Å². The molecule has 1 aliphatic rings. The monoisotopic (exact) mass is 342 g/mol. The van der Waals surface area contributed by atoms with E-state index < -0.39 is 0 Å². The number of hydrogen-bond acceptors (Lipinski definition) is 3. The summed E-state index contributed by atoms with van der Waals surface area (Å²) in [5, 5.41) is 4.36. The predicted molar refractivity (Wildman–Crippen MR) is 98.0 cm³/mol. The molecule has 1 aromatic carbocycles. The normalized spacial score (nSPS) is 16.2. The smallest absolute Gasteiger partial charge is 0.231 e. The number of aryl methyl sites for hydroxylation is 1. The Balaban J connectivity index is 1.38. The number of para-hydroxylation sites is 1. The van der Waals surface area contributed by atoms with Crippen LogP contribution in [0.15, 0.2) is 30.5 Å². The number of carbonyl (C=O) groups is 2. The van der Waals surface area contributed by atoms with Crippen LogP contribution in [0.3, 0.4) is 0 Å². The Morgan fingerprint density at radius 2 is 2.00 bits per heavy atom. The van der Waals surface area contributed by atoms with Crippen molar-refractivity contribution >= 4 is 22.7 Å². The summed E-state index contributed by atoms with van der Waals surface area (Å²) in [5.74, 6) is -0.173. The van der Waals surface area contributed by atoms with Crippen molar-refractivity contribution in [3.05, 3.63) is 36.0 Å². The van der Waals surface area contributed by atoms with Crippen LogP contribution >= 0.6 is 0 Å². The lowest BCUT2D eigenvalue weighted by molar-refractivity contribution is -0.123. The second kappa shape index (κ2) is 8.16. The minimum Gasteiger partial charge on any atom is -0.369 e. The average molecular weight is 342 g/mol. The molecule has 25 heavy (non-hydrogen) atoms. The van der Waals surface area contributed by atoms with Gasteiger partial charge < -0.3 is 16.0 Å². The number of likely N-dealkylation sites (tertiary alicyclic amines) is 1. The average Bonchev–Trinajstić information content (AvgIpc) is 3.00. The Labute approximate surface area is 147 Å². The van der Waals surface area contributed by atoms with Crippen LogP contribution in [0, 0.1) is 0 Å². The summed E-state index contributed by atoms with van der Waals surface area (Å²) < 4.78 is 0. The number of amides is 2. The molecular weight excluding hydrogens is 316 g/mol. The van der Waals surface area contributed by atoms with Gasteiger partial charge in [-0.1, -0.05) is 18.2 Å². The molecule has 0 atom stereocenters. The first-order chi connectivity index (χ1) is 12.1. The molecule has 134 valence electrons. The van der Waals surface area contributed by atoms with Gasteiger partial charge in [0.1, 0.15) is 0 Å². The van der Waals surface area contributed by atoms with Gasteiger partial charge in [-0.3, -0.25) is 14.5 Å². The maximum atomic E-state index is 12.2. The maximum absolute atomic E-state index is 12.2. The zero-order valence-electron chi connectivity index (χ0n) is 14.5. The molecule has 2 heterocycles. The number of primary amides is 1. The standard InChI is InChI=1S/C19H26N4O2/c20-18(24)13-23-10-8-15(9-11-23)22-19(25)7-3-4-14-12-21-17-6-2-1-5-16(14)17/h1-2,5-6,12,15,21H,3-4,7-11,13H2,(H2,20,24)(H,22,25). The molecule has 0 saturated carbocycles. The topological polar surface area (TPSA) is 91.2 Å². The largest absolute Gasteiger partial charge is 0.369 e. The molecule has 1 saturated heterocycles. The molecule has 0 radical (unpaired) electrons. The van der Waals surface area contributed by atoms with Crippen molar-refractivity contribution < 1.29 is 9.59 Å². The summed E-state index contributed by atoms with van der Waals surface area (Å²) in [6.07, 6.45) is 6.07. The van der Waals surface area contributed by atoms with Gasteiger partial charge in [0.05, 0.1) is 6.54 Å². The maximum Gasteiger partial charge on any atom is 0.231 e. The number of benzene rings is 1. The van der Waals surface area contributed by atoms with E-state index in [0.717, 1.165) is 44.3 Å². The minimum absolute atomic E-state index is 0.119. The lowest BCUT2D eigenvalue weighted by Crippen LogP contribution is -2.46. The number of aromatic nitrogens is 1. The Kier molecular flexibility index (Phi) is 5.71. The summed E-state index contributed by atoms with van der Waals surface area (Å²) >= 11 is 0. The quantitative estimate of drug-likeness (QED) is 0.713. The van der Waals surface area contributed by atoms with E-state index in [-0.39, 0.29) is 17.9 Å². The summed E-state index contributed by atoms with van der Waals surface area (Å²) in [6, 6.07) is 8.45. The van der Waals surface area contributed by atoms with E-state index in [2.05, 4.69) is 22.4 Å². The molecule has 6 nitrogen and oxygen atoms in total. The third kappa shape index (κ3) is 4.82. The van der Waals surface area contributed by atoms with Crippen LogP contribution in [0.1, 0.15) is 31.2 Å². The number of H-pyrrole nitrogens is 1. The molecule has 1 aromatic heterocycles. The van der Waals surface area contributed by atoms with Gasteiger partial charge in [-0.15, -0.1) is 0 Å².